The summed E-state index contributed by atoms with van der Waals surface area (Å²) in [5.41, 5.74) is 6.31. The minimum atomic E-state index is -4.42. The molecule has 4 rings (SSSR count). The van der Waals surface area contributed by atoms with Gasteiger partial charge in [0.1, 0.15) is 17.3 Å². The van der Waals surface area contributed by atoms with E-state index in [-0.39, 0.29) is 11.3 Å². The summed E-state index contributed by atoms with van der Waals surface area (Å²) in [4.78, 5) is 14.0. The minimum absolute atomic E-state index is 0.104. The van der Waals surface area contributed by atoms with Crippen LogP contribution in [-0.4, -0.2) is 27.8 Å². The molecular formula is C21H20F4N4O2. The number of carbonyl (C=O) groups is 1. The van der Waals surface area contributed by atoms with Crippen LogP contribution in [0.25, 0.3) is 11.3 Å². The van der Waals surface area contributed by atoms with Gasteiger partial charge < -0.3 is 10.5 Å². The highest BCUT2D eigenvalue weighted by Gasteiger charge is 2.32. The van der Waals surface area contributed by atoms with Gasteiger partial charge in [-0.15, -0.1) is 0 Å². The van der Waals surface area contributed by atoms with Crippen molar-refractivity contribution in [2.45, 2.75) is 32.0 Å². The number of pyridine rings is 1. The molecule has 0 saturated heterocycles. The molecule has 1 aliphatic rings. The zero-order valence-electron chi connectivity index (χ0n) is 16.6. The van der Waals surface area contributed by atoms with E-state index in [9.17, 15) is 22.4 Å². The Morgan fingerprint density at radius 3 is 2.58 bits per heavy atom. The molecule has 3 heterocycles. The van der Waals surface area contributed by atoms with Gasteiger partial charge in [-0.1, -0.05) is 0 Å². The van der Waals surface area contributed by atoms with Crippen LogP contribution in [0.4, 0.5) is 17.6 Å². The number of carbonyl (C=O) groups excluding carboxylic acids is 1. The van der Waals surface area contributed by atoms with Gasteiger partial charge in [0.2, 0.25) is 5.91 Å². The molecule has 2 aromatic heterocycles. The molecule has 1 aromatic carbocycles. The third kappa shape index (κ3) is 5.59. The first-order chi connectivity index (χ1) is 14.7. The maximum absolute atomic E-state index is 12.7. The lowest BCUT2D eigenvalue weighted by atomic mass is 10.1. The van der Waals surface area contributed by atoms with Gasteiger partial charge in [0.05, 0.1) is 12.8 Å². The number of halogens is 4. The average molecular weight is 436 g/mol. The SMILES string of the molecule is COc1cc(F)cc(C(N)=O)c1.FC(F)(F)c1cc(-c2cc3n(n2)CCCC3)ccn1. The standard InChI is InChI=1S/C13H12F3N3.C8H8FNO2/c14-13(15,16)12-7-9(4-5-17-12)11-8-10-3-1-2-6-19(10)18-11;1-12-7-3-5(8(10)11)2-6(9)4-7/h4-5,7-8H,1-3,6H2;2-4H,1H3,(H2,10,11). The first kappa shape index (κ1) is 22.3. The van der Waals surface area contributed by atoms with E-state index >= 15 is 0 Å². The second-order valence-corrected chi connectivity index (χ2v) is 6.87. The Bertz CT molecular complexity index is 1060. The van der Waals surface area contributed by atoms with E-state index in [0.29, 0.717) is 11.3 Å². The first-order valence-corrected chi connectivity index (χ1v) is 9.42. The summed E-state index contributed by atoms with van der Waals surface area (Å²) in [6.07, 6.45) is -0.135. The summed E-state index contributed by atoms with van der Waals surface area (Å²) >= 11 is 0. The molecule has 0 bridgehead atoms. The number of nitrogens with zero attached hydrogens (tertiary/aromatic N) is 3. The van der Waals surface area contributed by atoms with Crippen molar-refractivity contribution in [1.82, 2.24) is 14.8 Å². The van der Waals surface area contributed by atoms with Crippen LogP contribution in [0.1, 0.15) is 34.6 Å². The van der Waals surface area contributed by atoms with Gasteiger partial charge in [0, 0.05) is 35.6 Å². The van der Waals surface area contributed by atoms with Gasteiger partial charge in [-0.2, -0.15) is 18.3 Å². The van der Waals surface area contributed by atoms with Gasteiger partial charge in [-0.3, -0.25) is 14.5 Å². The van der Waals surface area contributed by atoms with Crippen LogP contribution >= 0.6 is 0 Å². The van der Waals surface area contributed by atoms with E-state index in [1.54, 1.807) is 6.07 Å². The second kappa shape index (κ2) is 9.15. The summed E-state index contributed by atoms with van der Waals surface area (Å²) in [5.74, 6) is -0.931. The molecule has 0 saturated carbocycles. The Hall–Kier alpha value is -3.43. The lowest BCUT2D eigenvalue weighted by molar-refractivity contribution is -0.141. The van der Waals surface area contributed by atoms with Crippen LogP contribution in [0, 0.1) is 5.82 Å². The number of alkyl halides is 3. The van der Waals surface area contributed by atoms with E-state index in [4.69, 9.17) is 10.5 Å². The zero-order valence-corrected chi connectivity index (χ0v) is 16.6. The zero-order chi connectivity index (χ0) is 22.6. The molecule has 10 heteroatoms. The van der Waals surface area contributed by atoms with Crippen LogP contribution in [-0.2, 0) is 19.1 Å². The topological polar surface area (TPSA) is 83.0 Å². The Labute approximate surface area is 175 Å². The molecule has 0 fully saturated rings. The van der Waals surface area contributed by atoms with Gasteiger partial charge in [-0.25, -0.2) is 4.39 Å². The molecule has 2 N–H and O–H groups in total. The van der Waals surface area contributed by atoms with E-state index in [1.807, 2.05) is 10.7 Å². The quantitative estimate of drug-likeness (QED) is 0.623. The molecule has 3 aromatic rings. The summed E-state index contributed by atoms with van der Waals surface area (Å²) in [6.45, 7) is 0.840. The fourth-order valence-corrected chi connectivity index (χ4v) is 3.13. The van der Waals surface area contributed by atoms with Crippen LogP contribution < -0.4 is 10.5 Å². The number of nitrogens with two attached hydrogens (primary N) is 1. The summed E-state index contributed by atoms with van der Waals surface area (Å²) in [6, 6.07) is 8.09. The van der Waals surface area contributed by atoms with Crippen LogP contribution in [0.15, 0.2) is 42.6 Å². The maximum Gasteiger partial charge on any atom is 0.433 e. The van der Waals surface area contributed by atoms with Crippen LogP contribution in [0.3, 0.4) is 0 Å². The van der Waals surface area contributed by atoms with E-state index in [2.05, 4.69) is 10.1 Å². The molecule has 31 heavy (non-hydrogen) atoms. The Morgan fingerprint density at radius 2 is 1.94 bits per heavy atom. The highest BCUT2D eigenvalue weighted by atomic mass is 19.4. The van der Waals surface area contributed by atoms with Gasteiger partial charge in [0.25, 0.3) is 0 Å². The van der Waals surface area contributed by atoms with Crippen molar-refractivity contribution in [2.75, 3.05) is 7.11 Å². The number of aryl methyl sites for hydroxylation is 2. The Morgan fingerprint density at radius 1 is 1.16 bits per heavy atom. The molecule has 1 aliphatic heterocycles. The largest absolute Gasteiger partial charge is 0.497 e. The van der Waals surface area contributed by atoms with Crippen molar-refractivity contribution in [1.29, 1.82) is 0 Å². The Balaban J connectivity index is 0.000000196. The smallest absolute Gasteiger partial charge is 0.433 e. The molecule has 164 valence electrons. The monoisotopic (exact) mass is 436 g/mol. The number of benzene rings is 1. The minimum Gasteiger partial charge on any atom is -0.497 e. The first-order valence-electron chi connectivity index (χ1n) is 9.42. The lowest BCUT2D eigenvalue weighted by Crippen LogP contribution is -2.11. The number of hydrogen-bond acceptors (Lipinski definition) is 4. The number of amides is 1. The number of primary amides is 1. The highest BCUT2D eigenvalue weighted by molar-refractivity contribution is 5.93. The lowest BCUT2D eigenvalue weighted by Gasteiger charge is -2.11. The normalized spacial score (nSPS) is 13.1. The molecule has 0 aliphatic carbocycles. The van der Waals surface area contributed by atoms with Gasteiger partial charge in [-0.05, 0) is 49.6 Å². The number of aromatic nitrogens is 3. The van der Waals surface area contributed by atoms with Crippen molar-refractivity contribution in [3.63, 3.8) is 0 Å². The van der Waals surface area contributed by atoms with Crippen molar-refractivity contribution in [3.8, 4) is 17.0 Å². The molecule has 0 unspecified atom stereocenters. The van der Waals surface area contributed by atoms with E-state index in [1.165, 1.54) is 25.4 Å². The molecule has 6 nitrogen and oxygen atoms in total. The number of fused-ring (bicyclic) bond motifs is 1. The fourth-order valence-electron chi connectivity index (χ4n) is 3.13. The van der Waals surface area contributed by atoms with E-state index in [0.717, 1.165) is 43.6 Å². The van der Waals surface area contributed by atoms with Crippen molar-refractivity contribution >= 4 is 5.91 Å². The van der Waals surface area contributed by atoms with Gasteiger partial charge >= 0.3 is 6.18 Å². The van der Waals surface area contributed by atoms with E-state index < -0.39 is 23.6 Å². The number of rotatable bonds is 3. The summed E-state index contributed by atoms with van der Waals surface area (Å²) in [7, 11) is 1.39. The van der Waals surface area contributed by atoms with Crippen molar-refractivity contribution < 1.29 is 27.1 Å². The van der Waals surface area contributed by atoms with Crippen molar-refractivity contribution in [3.05, 3.63) is 65.4 Å². The second-order valence-electron chi connectivity index (χ2n) is 6.87. The highest BCUT2D eigenvalue weighted by Crippen LogP contribution is 2.30. The van der Waals surface area contributed by atoms with Gasteiger partial charge in [0.15, 0.2) is 0 Å². The summed E-state index contributed by atoms with van der Waals surface area (Å²) < 4.78 is 57.2. The Kier molecular flexibility index (Phi) is 6.57. The molecule has 0 radical (unpaired) electrons. The molecule has 1 amide bonds. The average Bonchev–Trinajstić information content (AvgIpc) is 3.17. The van der Waals surface area contributed by atoms with Crippen molar-refractivity contribution in [2.24, 2.45) is 5.73 Å². The summed E-state index contributed by atoms with van der Waals surface area (Å²) in [5, 5.41) is 4.37. The molecular weight excluding hydrogens is 416 g/mol. The van der Waals surface area contributed by atoms with Crippen LogP contribution in [0.2, 0.25) is 0 Å². The molecule has 0 spiro atoms. The predicted octanol–water partition coefficient (Wildman–Crippen LogP) is 4.23. The number of methoxy groups -OCH3 is 1. The predicted molar refractivity (Wildman–Crippen MR) is 105 cm³/mol. The third-order valence-electron chi connectivity index (χ3n) is 4.65. The number of hydrogen-bond donors (Lipinski definition) is 1. The third-order valence-corrected chi connectivity index (χ3v) is 4.65. The van der Waals surface area contributed by atoms with Crippen LogP contribution in [0.5, 0.6) is 5.75 Å². The molecule has 0 atom stereocenters. The number of ether oxygens (including phenoxy) is 1. The fraction of sp³-hybridized carbons (Fsp3) is 0.286. The maximum atomic E-state index is 12.7.